The Labute approximate surface area is 169 Å². The number of rotatable bonds is 6. The Kier molecular flexibility index (Phi) is 4.89. The molecule has 1 aromatic carbocycles. The molecule has 3 heterocycles. The summed E-state index contributed by atoms with van der Waals surface area (Å²) < 4.78 is 1.20. The third kappa shape index (κ3) is 3.52. The second-order valence-electron chi connectivity index (χ2n) is 7.64. The van der Waals surface area contributed by atoms with Gasteiger partial charge in [0, 0.05) is 36.3 Å². The van der Waals surface area contributed by atoms with Gasteiger partial charge < -0.3 is 10.9 Å². The summed E-state index contributed by atoms with van der Waals surface area (Å²) in [6.45, 7) is 3.16. The molecule has 0 bridgehead atoms. The maximum absolute atomic E-state index is 13.0. The molecule has 3 aromatic rings. The third-order valence-corrected chi connectivity index (χ3v) is 5.41. The number of nitrogens with two attached hydrogens (primary N) is 1. The largest absolute Gasteiger partial charge is 0.625 e. The molecule has 8 nitrogen and oxygen atoms in total. The fourth-order valence-corrected chi connectivity index (χ4v) is 3.76. The number of nitrogens with zero attached hydrogens (tertiary/aromatic N) is 6. The van der Waals surface area contributed by atoms with Gasteiger partial charge in [0.05, 0.1) is 13.2 Å². The van der Waals surface area contributed by atoms with Gasteiger partial charge in [0.25, 0.3) is 5.96 Å². The van der Waals surface area contributed by atoms with Crippen molar-refractivity contribution >= 4 is 5.96 Å². The van der Waals surface area contributed by atoms with Crippen LogP contribution in [0.3, 0.4) is 0 Å². The van der Waals surface area contributed by atoms with Crippen LogP contribution in [0, 0.1) is 5.21 Å². The highest BCUT2D eigenvalue weighted by Gasteiger charge is 2.48. The lowest BCUT2D eigenvalue weighted by molar-refractivity contribution is -0.765. The van der Waals surface area contributed by atoms with Crippen LogP contribution in [0.4, 0.5) is 0 Å². The molecule has 1 aliphatic rings. The number of hydrogen-bond acceptors (Lipinski definition) is 6. The first kappa shape index (κ1) is 19.2. The summed E-state index contributed by atoms with van der Waals surface area (Å²) in [6, 6.07) is 7.97. The Morgan fingerprint density at radius 1 is 1.17 bits per heavy atom. The third-order valence-electron chi connectivity index (χ3n) is 5.41. The van der Waals surface area contributed by atoms with Crippen molar-refractivity contribution in [3.8, 4) is 11.1 Å². The van der Waals surface area contributed by atoms with E-state index in [2.05, 4.69) is 22.0 Å². The van der Waals surface area contributed by atoms with Gasteiger partial charge in [0.15, 0.2) is 5.54 Å². The molecule has 0 fully saturated rings. The molecular weight excluding hydrogens is 366 g/mol. The molecule has 8 heteroatoms. The molecule has 4 rings (SSSR count). The predicted octanol–water partition coefficient (Wildman–Crippen LogP) is 2.66. The van der Waals surface area contributed by atoms with Crippen LogP contribution >= 0.6 is 0 Å². The number of likely N-dealkylation sites (N-methyl/N-ethyl adjacent to an activating group) is 1. The maximum Gasteiger partial charge on any atom is 0.296 e. The summed E-state index contributed by atoms with van der Waals surface area (Å²) in [5.74, 6) is 0.0692. The minimum absolute atomic E-state index is 0.0692. The van der Waals surface area contributed by atoms with E-state index in [0.717, 1.165) is 41.6 Å². The Hall–Kier alpha value is -3.10. The predicted molar refractivity (Wildman–Crippen MR) is 111 cm³/mol. The Bertz CT molecular complexity index is 1030. The minimum Gasteiger partial charge on any atom is -0.625 e. The molecule has 2 N–H and O–H groups in total. The average molecular weight is 391 g/mol. The smallest absolute Gasteiger partial charge is 0.296 e. The van der Waals surface area contributed by atoms with Crippen molar-refractivity contribution in [2.45, 2.75) is 31.8 Å². The number of aliphatic imine (C=N–C) groups is 1. The molecule has 2 aromatic heterocycles. The fourth-order valence-electron chi connectivity index (χ4n) is 3.76. The van der Waals surface area contributed by atoms with Gasteiger partial charge in [-0.1, -0.05) is 31.5 Å². The van der Waals surface area contributed by atoms with E-state index in [4.69, 9.17) is 10.7 Å². The van der Waals surface area contributed by atoms with Crippen molar-refractivity contribution in [2.24, 2.45) is 10.7 Å². The first-order chi connectivity index (χ1) is 13.9. The number of hydrogen-bond donors (Lipinski definition) is 1. The lowest BCUT2D eigenvalue weighted by Gasteiger charge is -2.35. The van der Waals surface area contributed by atoms with Gasteiger partial charge in [0.1, 0.15) is 12.9 Å². The summed E-state index contributed by atoms with van der Waals surface area (Å²) in [6.07, 6.45) is 10.9. The van der Waals surface area contributed by atoms with Crippen LogP contribution in [0.25, 0.3) is 11.1 Å². The zero-order valence-electron chi connectivity index (χ0n) is 16.7. The zero-order valence-corrected chi connectivity index (χ0v) is 16.7. The number of benzene rings is 1. The molecule has 0 saturated heterocycles. The number of hydroxylamine groups is 3. The average Bonchev–Trinajstić information content (AvgIpc) is 3.30. The van der Waals surface area contributed by atoms with Crippen LogP contribution in [0.5, 0.6) is 0 Å². The molecular formula is C21H25N7O. The van der Waals surface area contributed by atoms with Crippen LogP contribution in [-0.4, -0.2) is 43.9 Å². The summed E-state index contributed by atoms with van der Waals surface area (Å²) in [5.41, 5.74) is 8.81. The molecule has 0 amide bonds. The summed E-state index contributed by atoms with van der Waals surface area (Å²) >= 11 is 0. The summed E-state index contributed by atoms with van der Waals surface area (Å²) in [4.78, 5) is 12.9. The van der Waals surface area contributed by atoms with Crippen LogP contribution in [0.15, 0.2) is 60.4 Å². The van der Waals surface area contributed by atoms with Crippen LogP contribution < -0.4 is 5.73 Å². The molecule has 1 aliphatic heterocycles. The minimum atomic E-state index is -0.878. The van der Waals surface area contributed by atoms with Crippen molar-refractivity contribution in [2.75, 3.05) is 13.6 Å². The Morgan fingerprint density at radius 2 is 1.97 bits per heavy atom. The standard InChI is InChI=1S/C21H25N7O/c1-3-4-8-27-13-19(12-25-27)21(14-28(2,29)20(22)26-21)18-7-5-6-16(9-18)17-10-23-15-24-11-17/h5-7,9-13,15H,3-4,8,14H2,1-2H3,(H2,22,26). The van der Waals surface area contributed by atoms with E-state index in [0.29, 0.717) is 0 Å². The van der Waals surface area contributed by atoms with Crippen molar-refractivity contribution in [1.29, 1.82) is 0 Å². The topological polar surface area (TPSA) is 105 Å². The number of unbranched alkanes of at least 4 members (excludes halogenated alkanes) is 1. The molecule has 0 aliphatic carbocycles. The van der Waals surface area contributed by atoms with E-state index in [1.807, 2.05) is 35.1 Å². The van der Waals surface area contributed by atoms with Crippen molar-refractivity contribution < 1.29 is 4.65 Å². The highest BCUT2D eigenvalue weighted by atomic mass is 16.5. The summed E-state index contributed by atoms with van der Waals surface area (Å²) in [5, 5.41) is 17.5. The molecule has 150 valence electrons. The van der Waals surface area contributed by atoms with Crippen molar-refractivity contribution in [3.63, 3.8) is 0 Å². The molecule has 0 radical (unpaired) electrons. The van der Waals surface area contributed by atoms with E-state index in [1.54, 1.807) is 18.6 Å². The van der Waals surface area contributed by atoms with Gasteiger partial charge in [-0.15, -0.1) is 0 Å². The van der Waals surface area contributed by atoms with Crippen LogP contribution in [0.1, 0.15) is 30.9 Å². The van der Waals surface area contributed by atoms with Crippen LogP contribution in [0.2, 0.25) is 0 Å². The number of quaternary nitrogens is 1. The van der Waals surface area contributed by atoms with Gasteiger partial charge in [0.2, 0.25) is 0 Å². The molecule has 29 heavy (non-hydrogen) atoms. The van der Waals surface area contributed by atoms with Gasteiger partial charge in [-0.05, 0) is 23.6 Å². The van der Waals surface area contributed by atoms with E-state index < -0.39 is 10.2 Å². The Balaban J connectivity index is 1.82. The van der Waals surface area contributed by atoms with E-state index in [-0.39, 0.29) is 12.5 Å². The quantitative estimate of drug-likeness (QED) is 0.514. The lowest BCUT2D eigenvalue weighted by Crippen LogP contribution is -2.48. The lowest BCUT2D eigenvalue weighted by atomic mass is 9.84. The highest BCUT2D eigenvalue weighted by Crippen LogP contribution is 2.41. The van der Waals surface area contributed by atoms with Gasteiger partial charge in [-0.2, -0.15) is 10.1 Å². The highest BCUT2D eigenvalue weighted by molar-refractivity contribution is 5.75. The molecule has 2 unspecified atom stereocenters. The first-order valence-corrected chi connectivity index (χ1v) is 9.76. The van der Waals surface area contributed by atoms with Gasteiger partial charge in [-0.25, -0.2) is 9.97 Å². The fraction of sp³-hybridized carbons (Fsp3) is 0.333. The Morgan fingerprint density at radius 3 is 2.66 bits per heavy atom. The molecule has 2 atom stereocenters. The SMILES string of the molecule is CCCCn1cc(C2(c3cccc(-c4cncnc4)c3)C[N+](C)([O-])C(N)=N2)cn1. The van der Waals surface area contributed by atoms with E-state index in [1.165, 1.54) is 13.4 Å². The monoisotopic (exact) mass is 391 g/mol. The number of guanidine groups is 1. The maximum atomic E-state index is 13.0. The van der Waals surface area contributed by atoms with E-state index >= 15 is 0 Å². The summed E-state index contributed by atoms with van der Waals surface area (Å²) in [7, 11) is 1.54. The zero-order chi connectivity index (χ0) is 20.5. The van der Waals surface area contributed by atoms with Crippen molar-refractivity contribution in [3.05, 3.63) is 71.7 Å². The normalized spacial score (nSPS) is 23.9. The van der Waals surface area contributed by atoms with Crippen LogP contribution in [-0.2, 0) is 12.1 Å². The van der Waals surface area contributed by atoms with Crippen molar-refractivity contribution in [1.82, 2.24) is 19.7 Å². The first-order valence-electron chi connectivity index (χ1n) is 9.76. The van der Waals surface area contributed by atoms with E-state index in [9.17, 15) is 5.21 Å². The number of aromatic nitrogens is 4. The second kappa shape index (κ2) is 7.38. The molecule has 0 saturated carbocycles. The van der Waals surface area contributed by atoms with Gasteiger partial charge in [-0.3, -0.25) is 9.33 Å². The molecule has 0 spiro atoms. The second-order valence-corrected chi connectivity index (χ2v) is 7.64. The number of aryl methyl sites for hydroxylation is 1. The van der Waals surface area contributed by atoms with Gasteiger partial charge >= 0.3 is 0 Å².